The zero-order chi connectivity index (χ0) is 13.7. The lowest BCUT2D eigenvalue weighted by Gasteiger charge is -2.27. The first-order valence-corrected chi connectivity index (χ1v) is 6.20. The molecule has 0 aromatic heterocycles. The maximum atomic E-state index is 11.9. The lowest BCUT2D eigenvalue weighted by molar-refractivity contribution is -0.225. The molecular weight excluding hydrogens is 324 g/mol. The van der Waals surface area contributed by atoms with E-state index >= 15 is 0 Å². The zero-order valence-corrected chi connectivity index (χ0v) is 12.3. The van der Waals surface area contributed by atoms with Crippen LogP contribution in [0.5, 0.6) is 0 Å². The van der Waals surface area contributed by atoms with Crippen molar-refractivity contribution < 1.29 is 14.3 Å². The number of nitrogens with one attached hydrogen (secondary N) is 1. The number of rotatable bonds is 2. The van der Waals surface area contributed by atoms with E-state index in [9.17, 15) is 4.79 Å². The van der Waals surface area contributed by atoms with Gasteiger partial charge >= 0.3 is 0 Å². The highest BCUT2D eigenvalue weighted by Gasteiger charge is 2.48. The molecule has 4 nitrogen and oxygen atoms in total. The Morgan fingerprint density at radius 1 is 0.944 bits per heavy atom. The number of carbonyl (C=O) groups is 1. The van der Waals surface area contributed by atoms with Gasteiger partial charge in [-0.3, -0.25) is 10.1 Å². The summed E-state index contributed by atoms with van der Waals surface area (Å²) in [7, 11) is 2.71. The van der Waals surface area contributed by atoms with Crippen LogP contribution < -0.4 is 5.32 Å². The Morgan fingerprint density at radius 3 is 1.94 bits per heavy atom. The van der Waals surface area contributed by atoms with Crippen LogP contribution in [0.4, 0.5) is 0 Å². The number of hydrogen-bond acceptors (Lipinski definition) is 3. The van der Waals surface area contributed by atoms with Crippen LogP contribution in [0.2, 0.25) is 20.1 Å². The van der Waals surface area contributed by atoms with Crippen molar-refractivity contribution in [1.82, 2.24) is 5.32 Å². The van der Waals surface area contributed by atoms with Crippen molar-refractivity contribution >= 4 is 52.3 Å². The fourth-order valence-electron chi connectivity index (χ4n) is 1.82. The molecule has 0 radical (unpaired) electrons. The van der Waals surface area contributed by atoms with Gasteiger partial charge in [-0.25, -0.2) is 0 Å². The van der Waals surface area contributed by atoms with Crippen LogP contribution in [0.15, 0.2) is 0 Å². The molecule has 1 aliphatic heterocycles. The third-order valence-electron chi connectivity index (χ3n) is 2.68. The Morgan fingerprint density at radius 2 is 1.44 bits per heavy atom. The highest BCUT2D eigenvalue weighted by atomic mass is 35.5. The second kappa shape index (κ2) is 4.71. The van der Waals surface area contributed by atoms with E-state index in [0.717, 1.165) is 0 Å². The van der Waals surface area contributed by atoms with Crippen LogP contribution in [-0.2, 0) is 15.4 Å². The third-order valence-corrected chi connectivity index (χ3v) is 4.48. The number of carbonyl (C=O) groups excluding carboxylic acids is 1. The molecule has 1 aliphatic rings. The molecule has 1 heterocycles. The van der Waals surface area contributed by atoms with Crippen molar-refractivity contribution in [3.05, 3.63) is 31.2 Å². The van der Waals surface area contributed by atoms with Crippen LogP contribution >= 0.6 is 46.4 Å². The van der Waals surface area contributed by atoms with Gasteiger partial charge in [0, 0.05) is 14.2 Å². The summed E-state index contributed by atoms with van der Waals surface area (Å²) < 4.78 is 10.4. The van der Waals surface area contributed by atoms with E-state index in [1.54, 1.807) is 0 Å². The summed E-state index contributed by atoms with van der Waals surface area (Å²) >= 11 is 24.0. The molecule has 0 saturated carbocycles. The lowest BCUT2D eigenvalue weighted by Crippen LogP contribution is -2.42. The summed E-state index contributed by atoms with van der Waals surface area (Å²) in [4.78, 5) is 11.9. The molecule has 0 spiro atoms. The maximum absolute atomic E-state index is 11.9. The van der Waals surface area contributed by atoms with Crippen LogP contribution in [0.25, 0.3) is 0 Å². The quantitative estimate of drug-likeness (QED) is 0.513. The number of methoxy groups -OCH3 is 2. The van der Waals surface area contributed by atoms with E-state index in [-0.39, 0.29) is 31.2 Å². The minimum atomic E-state index is -1.51. The largest absolute Gasteiger partial charge is 0.332 e. The van der Waals surface area contributed by atoms with E-state index in [4.69, 9.17) is 55.9 Å². The van der Waals surface area contributed by atoms with Gasteiger partial charge in [-0.1, -0.05) is 46.4 Å². The third kappa shape index (κ3) is 1.72. The van der Waals surface area contributed by atoms with Crippen LogP contribution in [0, 0.1) is 0 Å². The average molecular weight is 331 g/mol. The first-order chi connectivity index (χ1) is 8.39. The molecule has 8 heteroatoms. The average Bonchev–Trinajstić information content (AvgIpc) is 2.67. The van der Waals surface area contributed by atoms with Gasteiger partial charge in [0.15, 0.2) is 0 Å². The number of halogens is 4. The molecule has 0 unspecified atom stereocenters. The molecule has 1 aromatic carbocycles. The Kier molecular flexibility index (Phi) is 3.71. The minimum Gasteiger partial charge on any atom is -0.332 e. The van der Waals surface area contributed by atoms with Crippen LogP contribution in [-0.4, -0.2) is 20.1 Å². The molecule has 98 valence electrons. The van der Waals surface area contributed by atoms with Crippen molar-refractivity contribution in [1.29, 1.82) is 0 Å². The lowest BCUT2D eigenvalue weighted by atomic mass is 10.1. The number of amides is 1. The van der Waals surface area contributed by atoms with Gasteiger partial charge in [-0.2, -0.15) is 0 Å². The SMILES string of the molecule is COC1(OC)NC(=O)c2c(Cl)c(Cl)c(Cl)c(Cl)c21. The normalized spacial score (nSPS) is 16.7. The molecular formula is C10H7Cl4NO3. The van der Waals surface area contributed by atoms with Gasteiger partial charge in [-0.15, -0.1) is 0 Å². The van der Waals surface area contributed by atoms with Crippen molar-refractivity contribution in [3.8, 4) is 0 Å². The number of hydrogen-bond donors (Lipinski definition) is 1. The van der Waals surface area contributed by atoms with Gasteiger partial charge in [0.05, 0.1) is 31.2 Å². The van der Waals surface area contributed by atoms with E-state index < -0.39 is 11.8 Å². The molecule has 1 aromatic rings. The predicted octanol–water partition coefficient (Wildman–Crippen LogP) is 3.45. The second-order valence-electron chi connectivity index (χ2n) is 3.48. The standard InChI is InChI=1S/C10H7Cl4NO3/c1-17-10(18-2)4-3(9(16)15-10)5(11)7(13)8(14)6(4)12/h1-2H3,(H,15,16). The smallest absolute Gasteiger partial charge is 0.282 e. The summed E-state index contributed by atoms with van der Waals surface area (Å²) in [6.45, 7) is 0. The monoisotopic (exact) mass is 329 g/mol. The van der Waals surface area contributed by atoms with Crippen molar-refractivity contribution in [2.24, 2.45) is 0 Å². The van der Waals surface area contributed by atoms with Gasteiger partial charge in [0.1, 0.15) is 0 Å². The maximum Gasteiger partial charge on any atom is 0.282 e. The molecule has 0 bridgehead atoms. The minimum absolute atomic E-state index is 0.00883. The predicted molar refractivity (Wildman–Crippen MR) is 69.6 cm³/mol. The Labute approximate surface area is 123 Å². The first kappa shape index (κ1) is 14.2. The summed E-state index contributed by atoms with van der Waals surface area (Å²) in [5.74, 6) is -2.01. The second-order valence-corrected chi connectivity index (χ2v) is 5.00. The number of benzene rings is 1. The summed E-state index contributed by atoms with van der Waals surface area (Å²) in [5, 5.41) is 2.62. The van der Waals surface area contributed by atoms with Gasteiger partial charge in [0.25, 0.3) is 11.8 Å². The number of ether oxygens (including phenoxy) is 2. The zero-order valence-electron chi connectivity index (χ0n) is 9.24. The number of fused-ring (bicyclic) bond motifs is 1. The summed E-state index contributed by atoms with van der Waals surface area (Å²) in [6, 6.07) is 0. The Balaban J connectivity index is 2.87. The van der Waals surface area contributed by atoms with E-state index in [2.05, 4.69) is 5.32 Å². The van der Waals surface area contributed by atoms with E-state index in [0.29, 0.717) is 0 Å². The fraction of sp³-hybridized carbons (Fsp3) is 0.300. The molecule has 0 fully saturated rings. The molecule has 0 saturated heterocycles. The van der Waals surface area contributed by atoms with E-state index in [1.165, 1.54) is 14.2 Å². The van der Waals surface area contributed by atoms with Gasteiger partial charge in [-0.05, 0) is 0 Å². The van der Waals surface area contributed by atoms with E-state index in [1.807, 2.05) is 0 Å². The van der Waals surface area contributed by atoms with Crippen LogP contribution in [0.3, 0.4) is 0 Å². The van der Waals surface area contributed by atoms with Crippen LogP contribution in [0.1, 0.15) is 15.9 Å². The molecule has 0 atom stereocenters. The summed E-state index contributed by atoms with van der Waals surface area (Å²) in [6.07, 6.45) is 0. The fourth-order valence-corrected chi connectivity index (χ4v) is 2.88. The summed E-state index contributed by atoms with van der Waals surface area (Å²) in [5.41, 5.74) is 0.318. The first-order valence-electron chi connectivity index (χ1n) is 4.68. The van der Waals surface area contributed by atoms with Gasteiger partial charge < -0.3 is 9.47 Å². The topological polar surface area (TPSA) is 47.6 Å². The Hall–Kier alpha value is -0.230. The molecule has 0 aliphatic carbocycles. The van der Waals surface area contributed by atoms with Crippen molar-refractivity contribution in [3.63, 3.8) is 0 Å². The molecule has 1 amide bonds. The van der Waals surface area contributed by atoms with Gasteiger partial charge in [0.2, 0.25) is 0 Å². The molecule has 1 N–H and O–H groups in total. The van der Waals surface area contributed by atoms with Crippen molar-refractivity contribution in [2.75, 3.05) is 14.2 Å². The molecule has 18 heavy (non-hydrogen) atoms. The Bertz CT molecular complexity index is 543. The molecule has 2 rings (SSSR count). The highest BCUT2D eigenvalue weighted by molar-refractivity contribution is 6.53. The highest BCUT2D eigenvalue weighted by Crippen LogP contribution is 2.48. The van der Waals surface area contributed by atoms with Crippen molar-refractivity contribution in [2.45, 2.75) is 5.91 Å².